The van der Waals surface area contributed by atoms with Gasteiger partial charge in [0.25, 0.3) is 0 Å². The monoisotopic (exact) mass is 1840 g/mol. The number of methoxy groups -OCH3 is 2. The molecule has 0 radical (unpaired) electrons. The number of carbonyl (C=O) groups is 6. The number of carboxylic acid groups (broad SMARTS) is 5. The molecule has 131 heavy (non-hydrogen) atoms. The minimum Gasteiger partial charge on any atom is -0.495 e. The summed E-state index contributed by atoms with van der Waals surface area (Å²) in [5.74, 6) is -0.202. The number of aromatic carboxylic acids is 5. The number of halogens is 4. The fourth-order valence-electron chi connectivity index (χ4n) is 10.9. The number of nitrogens with zero attached hydrogens (tertiary/aromatic N) is 4. The quantitative estimate of drug-likeness (QED) is 0.0350. The summed E-state index contributed by atoms with van der Waals surface area (Å²) < 4.78 is 69.8. The molecule has 0 spiro atoms. The van der Waals surface area contributed by atoms with Gasteiger partial charge in [0.1, 0.15) is 17.1 Å². The van der Waals surface area contributed by atoms with Crippen LogP contribution in [-0.4, -0.2) is 110 Å². The van der Waals surface area contributed by atoms with Crippen molar-refractivity contribution in [3.8, 4) is 0 Å². The van der Waals surface area contributed by atoms with Crippen LogP contribution in [-0.2, 0) is 25.5 Å². The van der Waals surface area contributed by atoms with Crippen LogP contribution in [0.15, 0.2) is 261 Å². The van der Waals surface area contributed by atoms with Gasteiger partial charge in [-0.2, -0.15) is 13.2 Å². The van der Waals surface area contributed by atoms with Crippen LogP contribution in [0, 0.1) is 0 Å². The molecular formula is C107H134ClF3N4O15S. The highest BCUT2D eigenvalue weighted by molar-refractivity contribution is 7.90. The van der Waals surface area contributed by atoms with Gasteiger partial charge >= 0.3 is 42.0 Å². The van der Waals surface area contributed by atoms with E-state index in [0.717, 1.165) is 40.1 Å². The van der Waals surface area contributed by atoms with Crippen LogP contribution >= 0.6 is 11.6 Å². The number of rotatable bonds is 20. The molecule has 0 bridgehead atoms. The minimum atomic E-state index is -4.64. The summed E-state index contributed by atoms with van der Waals surface area (Å²) in [5, 5.41) is 43.5. The number of hydrogen-bond donors (Lipinski definition) is 5. The van der Waals surface area contributed by atoms with Gasteiger partial charge < -0.3 is 35.0 Å². The third-order valence-corrected chi connectivity index (χ3v) is 21.0. The molecule has 4 heterocycles. The Hall–Kier alpha value is -12.5. The minimum absolute atomic E-state index is 0.0797. The van der Waals surface area contributed by atoms with Crippen LogP contribution in [0.4, 0.5) is 13.2 Å². The summed E-state index contributed by atoms with van der Waals surface area (Å²) in [6.07, 6.45) is 7.42. The Morgan fingerprint density at radius 3 is 1.02 bits per heavy atom. The summed E-state index contributed by atoms with van der Waals surface area (Å²) in [4.78, 5) is 80.2. The Morgan fingerprint density at radius 2 is 0.687 bits per heavy atom. The second-order valence-corrected chi connectivity index (χ2v) is 36.0. The maximum atomic E-state index is 12.6. The third-order valence-electron chi connectivity index (χ3n) is 19.6. The van der Waals surface area contributed by atoms with E-state index in [4.69, 9.17) is 41.9 Å². The Morgan fingerprint density at radius 1 is 0.336 bits per heavy atom. The maximum absolute atomic E-state index is 12.6. The van der Waals surface area contributed by atoms with Crippen molar-refractivity contribution in [1.29, 1.82) is 0 Å². The van der Waals surface area contributed by atoms with Crippen molar-refractivity contribution in [3.63, 3.8) is 0 Å². The van der Waals surface area contributed by atoms with Crippen molar-refractivity contribution in [1.82, 2.24) is 19.9 Å². The van der Waals surface area contributed by atoms with Gasteiger partial charge in [-0.15, -0.1) is 0 Å². The molecule has 4 aromatic heterocycles. The third kappa shape index (κ3) is 45.6. The standard InChI is InChI=1S/C11H11F3O2.C11H15NO.C11H14O2.C10H11ClO2.C10H14O2S.2C10H12O2.C9H11NO2.C9H12.2C8H11N/c1-6(2)7-3-4-8(10(15)16)9(5-7)11(12,13)14;1-8(2)10-5-6-11(12-7-10)9(3)13-4;1-8(2)9-4-6-10(7-5-9)11(12)13-3;1-6(2)7-3-4-8(10(12)13)9(11)5-7;1-8(2)9-5-4-6-10(7-9)13(3,11)12;1-7(2)8-3-5-9(6-4-8)10(11)12;1-7(2)8-4-3-5-9(6-8)10(11)12;1-6(2)7-3-4-8(9(11)12)10-5-7;1-8(2)9-6-4-3-5-7-9;1-7(2)8-3-5-9-6-4-8;1-7(2)8-4-3-5-9-6-8/h3-6H,1-2H3,(H,15,16);5-8H,3H2,1-2,4H3;4-8H,1-3H3;3-6H,1-2H3,(H,12,13);4-8H,1-3H3;2*3-7H,1-2H3,(H,11,12);3-6H,1-2H3,(H,11,12);3-8H,1-2H3;2*3-7H,1-2H3. The lowest BCUT2D eigenvalue weighted by Gasteiger charge is -2.13. The Bertz CT molecular complexity index is 5130. The first kappa shape index (κ1) is 117. The van der Waals surface area contributed by atoms with E-state index in [0.29, 0.717) is 97.1 Å². The number of hydrogen-bond acceptors (Lipinski definition) is 14. The molecule has 0 saturated heterocycles. The van der Waals surface area contributed by atoms with E-state index in [-0.39, 0.29) is 23.1 Å². The molecule has 11 aromatic rings. The molecule has 0 saturated carbocycles. The van der Waals surface area contributed by atoms with E-state index >= 15 is 0 Å². The van der Waals surface area contributed by atoms with E-state index in [2.05, 4.69) is 151 Å². The average molecular weight is 1840 g/mol. The molecule has 5 N–H and O–H groups in total. The molecule has 24 heteroatoms. The number of carboxylic acids is 5. The van der Waals surface area contributed by atoms with Crippen molar-refractivity contribution >= 4 is 63.0 Å². The lowest BCUT2D eigenvalue weighted by atomic mass is 9.97. The molecule has 0 aliphatic rings. The van der Waals surface area contributed by atoms with E-state index in [1.807, 2.05) is 147 Å². The number of ether oxygens (including phenoxy) is 2. The first-order chi connectivity index (χ1) is 61.2. The van der Waals surface area contributed by atoms with Crippen molar-refractivity contribution in [2.75, 3.05) is 20.5 Å². The molecule has 0 fully saturated rings. The Labute approximate surface area is 779 Å². The van der Waals surface area contributed by atoms with E-state index in [1.165, 1.54) is 58.9 Å². The van der Waals surface area contributed by atoms with Crippen LogP contribution in [0.1, 0.15) is 352 Å². The molecule has 7 aromatic carbocycles. The number of sulfone groups is 1. The van der Waals surface area contributed by atoms with Crippen molar-refractivity contribution in [2.24, 2.45) is 0 Å². The van der Waals surface area contributed by atoms with E-state index in [9.17, 15) is 50.4 Å². The molecule has 0 aliphatic heterocycles. The van der Waals surface area contributed by atoms with Gasteiger partial charge in [-0.3, -0.25) is 15.0 Å². The SMILES string of the molecule is C=C(OC)c1ccc(C(C)C)cn1.CC(C)c1ccc(C(=O)O)c(C(F)(F)F)c1.CC(C)c1ccc(C(=O)O)c(Cl)c1.CC(C)c1ccc(C(=O)O)cc1.CC(C)c1ccc(C(=O)O)nc1.CC(C)c1cccc(C(=O)O)c1.CC(C)c1cccc(S(C)(=O)=O)c1.CC(C)c1ccccc1.CC(C)c1cccnc1.CC(C)c1ccncc1.COC(=O)c1ccc(C(C)C)cc1. The fraction of sp³-hybridized carbons (Fsp3) is 0.346. The van der Waals surface area contributed by atoms with Crippen molar-refractivity contribution in [2.45, 2.75) is 228 Å². The molecule has 0 amide bonds. The summed E-state index contributed by atoms with van der Waals surface area (Å²) in [6.45, 7) is 49.3. The molecule has 0 aliphatic carbocycles. The smallest absolute Gasteiger partial charge is 0.417 e. The normalized spacial score (nSPS) is 10.6. The van der Waals surface area contributed by atoms with Gasteiger partial charge in [-0.25, -0.2) is 42.2 Å². The molecule has 19 nitrogen and oxygen atoms in total. The largest absolute Gasteiger partial charge is 0.495 e. The summed E-state index contributed by atoms with van der Waals surface area (Å²) in [5.41, 5.74) is 13.0. The van der Waals surface area contributed by atoms with E-state index in [1.54, 1.807) is 118 Å². The number of esters is 1. The van der Waals surface area contributed by atoms with Gasteiger partial charge in [-0.05, 0) is 229 Å². The first-order valence-electron chi connectivity index (χ1n) is 43.1. The number of carbonyl (C=O) groups excluding carboxylic acids is 1. The molecule has 11 rings (SSSR count). The molecule has 0 unspecified atom stereocenters. The summed E-state index contributed by atoms with van der Waals surface area (Å²) in [6, 6.07) is 62.9. The number of aromatic nitrogens is 4. The topological polar surface area (TPSA) is 308 Å². The molecular weight excluding hydrogens is 1710 g/mol. The van der Waals surface area contributed by atoms with Gasteiger partial charge in [0, 0.05) is 43.4 Å². The van der Waals surface area contributed by atoms with Crippen molar-refractivity contribution in [3.05, 3.63) is 367 Å². The van der Waals surface area contributed by atoms with Crippen molar-refractivity contribution < 1.29 is 85.4 Å². The predicted octanol–water partition coefficient (Wildman–Crippen LogP) is 28.5. The molecule has 0 atom stereocenters. The first-order valence-corrected chi connectivity index (χ1v) is 45.3. The van der Waals surface area contributed by atoms with Gasteiger partial charge in [0.05, 0.1) is 57.5 Å². The van der Waals surface area contributed by atoms with Gasteiger partial charge in [0.2, 0.25) is 0 Å². The zero-order chi connectivity index (χ0) is 99.8. The van der Waals surface area contributed by atoms with E-state index < -0.39 is 57.0 Å². The zero-order valence-corrected chi connectivity index (χ0v) is 81.8. The Balaban J connectivity index is 0.000000723. The number of benzene rings is 7. The van der Waals surface area contributed by atoms with Crippen LogP contribution in [0.2, 0.25) is 5.02 Å². The lowest BCUT2D eigenvalue weighted by molar-refractivity contribution is -0.138. The van der Waals surface area contributed by atoms with Crippen LogP contribution < -0.4 is 0 Å². The van der Waals surface area contributed by atoms with Crippen LogP contribution in [0.5, 0.6) is 0 Å². The maximum Gasteiger partial charge on any atom is 0.417 e. The second-order valence-electron chi connectivity index (χ2n) is 33.5. The second kappa shape index (κ2) is 59.7. The average Bonchev–Trinajstić information content (AvgIpc) is 0.802. The summed E-state index contributed by atoms with van der Waals surface area (Å²) in [7, 11) is -0.0737. The Kier molecular flexibility index (Phi) is 53.1. The highest BCUT2D eigenvalue weighted by Crippen LogP contribution is 2.35. The highest BCUT2D eigenvalue weighted by atomic mass is 35.5. The van der Waals surface area contributed by atoms with Crippen LogP contribution in [0.25, 0.3) is 5.76 Å². The van der Waals surface area contributed by atoms with Gasteiger partial charge in [0.15, 0.2) is 9.84 Å². The van der Waals surface area contributed by atoms with Gasteiger partial charge in [-0.1, -0.05) is 280 Å². The number of pyridine rings is 4. The summed E-state index contributed by atoms with van der Waals surface area (Å²) >= 11 is 5.79. The molecule has 706 valence electrons. The fourth-order valence-corrected chi connectivity index (χ4v) is 11.8. The predicted molar refractivity (Wildman–Crippen MR) is 522 cm³/mol. The highest BCUT2D eigenvalue weighted by Gasteiger charge is 2.36. The lowest BCUT2D eigenvalue weighted by Crippen LogP contribution is -2.13. The van der Waals surface area contributed by atoms with Crippen LogP contribution in [0.3, 0.4) is 0 Å². The zero-order valence-electron chi connectivity index (χ0n) is 80.3. The number of alkyl halides is 3.